The fourth-order valence-electron chi connectivity index (χ4n) is 2.53. The second-order valence-electron chi connectivity index (χ2n) is 5.63. The Morgan fingerprint density at radius 1 is 1.21 bits per heavy atom. The smallest absolute Gasteiger partial charge is 0.227 e. The van der Waals surface area contributed by atoms with Gasteiger partial charge in [-0.05, 0) is 30.7 Å². The summed E-state index contributed by atoms with van der Waals surface area (Å²) in [5, 5.41) is 2.72. The van der Waals surface area contributed by atoms with E-state index in [0.29, 0.717) is 12.4 Å². The van der Waals surface area contributed by atoms with Gasteiger partial charge in [0.15, 0.2) is 0 Å². The first-order valence-corrected chi connectivity index (χ1v) is 8.87. The zero-order valence-corrected chi connectivity index (χ0v) is 14.3. The molecule has 1 aromatic heterocycles. The summed E-state index contributed by atoms with van der Waals surface area (Å²) in [6.45, 7) is 2.62. The van der Waals surface area contributed by atoms with Crippen LogP contribution in [0.1, 0.15) is 18.4 Å². The lowest BCUT2D eigenvalue weighted by molar-refractivity contribution is -0.122. The van der Waals surface area contributed by atoms with Crippen LogP contribution in [-0.2, 0) is 9.59 Å². The first-order valence-electron chi connectivity index (χ1n) is 7.88. The molecule has 124 valence electrons. The van der Waals surface area contributed by atoms with Crippen LogP contribution in [0.15, 0.2) is 47.5 Å². The Bertz CT molecular complexity index is 746. The summed E-state index contributed by atoms with van der Waals surface area (Å²) in [6, 6.07) is 11.5. The normalized spacial score (nSPS) is 13.3. The zero-order valence-electron chi connectivity index (χ0n) is 13.5. The van der Waals surface area contributed by atoms with Gasteiger partial charge >= 0.3 is 0 Å². The van der Waals surface area contributed by atoms with Crippen molar-refractivity contribution in [2.45, 2.75) is 24.7 Å². The summed E-state index contributed by atoms with van der Waals surface area (Å²) >= 11 is 1.76. The van der Waals surface area contributed by atoms with E-state index in [9.17, 15) is 9.59 Å². The van der Waals surface area contributed by atoms with E-state index < -0.39 is 0 Å². The van der Waals surface area contributed by atoms with Crippen molar-refractivity contribution in [1.29, 1.82) is 0 Å². The number of aryl methyl sites for hydroxylation is 1. The van der Waals surface area contributed by atoms with Gasteiger partial charge in [-0.25, -0.2) is 4.98 Å². The Balaban J connectivity index is 1.56. The van der Waals surface area contributed by atoms with Crippen LogP contribution in [0.5, 0.6) is 0 Å². The maximum absolute atomic E-state index is 12.5. The highest BCUT2D eigenvalue weighted by molar-refractivity contribution is 7.99. The molecule has 24 heavy (non-hydrogen) atoms. The number of anilines is 2. The minimum absolute atomic E-state index is 0.0187. The summed E-state index contributed by atoms with van der Waals surface area (Å²) in [5.74, 6) is 1.18. The van der Waals surface area contributed by atoms with E-state index in [1.54, 1.807) is 28.9 Å². The number of pyridine rings is 1. The lowest BCUT2D eigenvalue weighted by atomic mass is 10.2. The Morgan fingerprint density at radius 2 is 2.04 bits per heavy atom. The maximum Gasteiger partial charge on any atom is 0.227 e. The number of thioether (sulfide) groups is 1. The van der Waals surface area contributed by atoms with Crippen molar-refractivity contribution in [3.05, 3.63) is 48.2 Å². The van der Waals surface area contributed by atoms with Crippen LogP contribution >= 0.6 is 11.8 Å². The number of rotatable bonds is 4. The molecule has 5 nitrogen and oxygen atoms in total. The van der Waals surface area contributed by atoms with Crippen molar-refractivity contribution < 1.29 is 9.59 Å². The second-order valence-corrected chi connectivity index (χ2v) is 6.77. The summed E-state index contributed by atoms with van der Waals surface area (Å²) in [7, 11) is 0. The number of nitrogens with zero attached hydrogens (tertiary/aromatic N) is 2. The molecule has 2 aromatic rings. The highest BCUT2D eigenvalue weighted by Gasteiger charge is 2.22. The molecule has 2 amide bonds. The topological polar surface area (TPSA) is 62.3 Å². The molecule has 2 heterocycles. The van der Waals surface area contributed by atoms with E-state index >= 15 is 0 Å². The lowest BCUT2D eigenvalue weighted by Crippen LogP contribution is -2.35. The molecule has 0 saturated carbocycles. The third kappa shape index (κ3) is 3.94. The third-order valence-electron chi connectivity index (χ3n) is 3.77. The van der Waals surface area contributed by atoms with Crippen LogP contribution in [0.2, 0.25) is 0 Å². The predicted octanol–water partition coefficient (Wildman–Crippen LogP) is 3.25. The van der Waals surface area contributed by atoms with E-state index in [-0.39, 0.29) is 24.7 Å². The number of fused-ring (bicyclic) bond motifs is 1. The van der Waals surface area contributed by atoms with Gasteiger partial charge < -0.3 is 10.2 Å². The predicted molar refractivity (Wildman–Crippen MR) is 96.4 cm³/mol. The van der Waals surface area contributed by atoms with E-state index in [4.69, 9.17) is 0 Å². The Kier molecular flexibility index (Phi) is 5.15. The first-order chi connectivity index (χ1) is 11.6. The van der Waals surface area contributed by atoms with Crippen molar-refractivity contribution in [2.24, 2.45) is 0 Å². The largest absolute Gasteiger partial charge is 0.311 e. The number of carbonyl (C=O) groups is 2. The standard InChI is InChI=1S/C18H19N3O2S/c1-13-6-7-16(19-12-13)20-17(22)8-9-18(23)21-10-11-24-15-5-3-2-4-14(15)21/h2-7,12H,8-11H2,1H3,(H,19,20,22). The molecular formula is C18H19N3O2S. The molecule has 0 fully saturated rings. The van der Waals surface area contributed by atoms with E-state index in [1.807, 2.05) is 37.3 Å². The molecule has 3 rings (SSSR count). The van der Waals surface area contributed by atoms with Gasteiger partial charge in [-0.1, -0.05) is 18.2 Å². The third-order valence-corrected chi connectivity index (χ3v) is 4.82. The van der Waals surface area contributed by atoms with Crippen LogP contribution in [0.3, 0.4) is 0 Å². The SMILES string of the molecule is Cc1ccc(NC(=O)CCC(=O)N2CCSc3ccccc32)nc1. The molecular weight excluding hydrogens is 322 g/mol. The van der Waals surface area contributed by atoms with Crippen molar-refractivity contribution in [3.63, 3.8) is 0 Å². The minimum Gasteiger partial charge on any atom is -0.311 e. The molecule has 1 aromatic carbocycles. The molecule has 0 bridgehead atoms. The summed E-state index contributed by atoms with van der Waals surface area (Å²) in [6.07, 6.45) is 2.04. The van der Waals surface area contributed by atoms with Gasteiger partial charge in [0, 0.05) is 36.2 Å². The Labute approximate surface area is 145 Å². The number of hydrogen-bond acceptors (Lipinski definition) is 4. The van der Waals surface area contributed by atoms with Gasteiger partial charge in [-0.15, -0.1) is 11.8 Å². The monoisotopic (exact) mass is 341 g/mol. The van der Waals surface area contributed by atoms with Crippen LogP contribution in [0, 0.1) is 6.92 Å². The average molecular weight is 341 g/mol. The molecule has 0 spiro atoms. The molecule has 0 radical (unpaired) electrons. The highest BCUT2D eigenvalue weighted by atomic mass is 32.2. The van der Waals surface area contributed by atoms with E-state index in [1.165, 1.54) is 0 Å². The number of amides is 2. The van der Waals surface area contributed by atoms with Crippen molar-refractivity contribution in [1.82, 2.24) is 4.98 Å². The summed E-state index contributed by atoms with van der Waals surface area (Å²) in [4.78, 5) is 31.5. The fourth-order valence-corrected chi connectivity index (χ4v) is 3.53. The molecule has 0 saturated heterocycles. The van der Waals surface area contributed by atoms with E-state index in [2.05, 4.69) is 10.3 Å². The number of carbonyl (C=O) groups excluding carboxylic acids is 2. The minimum atomic E-state index is -0.195. The number of hydrogen-bond donors (Lipinski definition) is 1. The quantitative estimate of drug-likeness (QED) is 0.927. The van der Waals surface area contributed by atoms with Crippen molar-refractivity contribution in [3.8, 4) is 0 Å². The van der Waals surface area contributed by atoms with Gasteiger partial charge in [-0.2, -0.15) is 0 Å². The summed E-state index contributed by atoms with van der Waals surface area (Å²) in [5.41, 5.74) is 1.98. The fraction of sp³-hybridized carbons (Fsp3) is 0.278. The number of benzene rings is 1. The Morgan fingerprint density at radius 3 is 2.83 bits per heavy atom. The molecule has 1 aliphatic heterocycles. The van der Waals surface area contributed by atoms with Crippen LogP contribution in [0.4, 0.5) is 11.5 Å². The number of aromatic nitrogens is 1. The second kappa shape index (κ2) is 7.49. The highest BCUT2D eigenvalue weighted by Crippen LogP contribution is 2.34. The van der Waals surface area contributed by atoms with Crippen molar-refractivity contribution in [2.75, 3.05) is 22.5 Å². The van der Waals surface area contributed by atoms with Crippen LogP contribution in [0.25, 0.3) is 0 Å². The molecule has 0 atom stereocenters. The molecule has 1 aliphatic rings. The maximum atomic E-state index is 12.5. The molecule has 0 unspecified atom stereocenters. The first kappa shape index (κ1) is 16.5. The van der Waals surface area contributed by atoms with Gasteiger partial charge in [0.1, 0.15) is 5.82 Å². The van der Waals surface area contributed by atoms with Gasteiger partial charge in [0.05, 0.1) is 5.69 Å². The van der Waals surface area contributed by atoms with Gasteiger partial charge in [0.2, 0.25) is 11.8 Å². The van der Waals surface area contributed by atoms with Gasteiger partial charge in [0.25, 0.3) is 0 Å². The van der Waals surface area contributed by atoms with Crippen LogP contribution < -0.4 is 10.2 Å². The molecule has 0 aliphatic carbocycles. The lowest BCUT2D eigenvalue weighted by Gasteiger charge is -2.29. The van der Waals surface area contributed by atoms with Crippen molar-refractivity contribution >= 4 is 35.1 Å². The van der Waals surface area contributed by atoms with Gasteiger partial charge in [-0.3, -0.25) is 9.59 Å². The number of nitrogens with one attached hydrogen (secondary N) is 1. The molecule has 6 heteroatoms. The van der Waals surface area contributed by atoms with E-state index in [0.717, 1.165) is 21.9 Å². The average Bonchev–Trinajstić information content (AvgIpc) is 2.61. The molecule has 1 N–H and O–H groups in total. The Hall–Kier alpha value is -2.34. The number of para-hydroxylation sites is 1. The van der Waals surface area contributed by atoms with Crippen LogP contribution in [-0.4, -0.2) is 29.1 Å². The summed E-state index contributed by atoms with van der Waals surface area (Å²) < 4.78 is 0. The zero-order chi connectivity index (χ0) is 16.9.